The highest BCUT2D eigenvalue weighted by Crippen LogP contribution is 2.32. The highest BCUT2D eigenvalue weighted by atomic mass is 79.9. The highest BCUT2D eigenvalue weighted by molar-refractivity contribution is 9.10. The van der Waals surface area contributed by atoms with E-state index in [-0.39, 0.29) is 11.6 Å². The van der Waals surface area contributed by atoms with Crippen molar-refractivity contribution in [3.8, 4) is 0 Å². The quantitative estimate of drug-likeness (QED) is 0.562. The van der Waals surface area contributed by atoms with E-state index in [2.05, 4.69) is 32.7 Å². The third kappa shape index (κ3) is 4.61. The molecule has 1 aromatic rings. The number of hydrogen-bond acceptors (Lipinski definition) is 2. The van der Waals surface area contributed by atoms with E-state index < -0.39 is 11.6 Å². The van der Waals surface area contributed by atoms with Gasteiger partial charge in [-0.15, -0.1) is 6.58 Å². The van der Waals surface area contributed by atoms with Gasteiger partial charge in [-0.25, -0.2) is 8.78 Å². The molecule has 2 nitrogen and oxygen atoms in total. The van der Waals surface area contributed by atoms with Crippen LogP contribution in [-0.2, 0) is 0 Å². The van der Waals surface area contributed by atoms with E-state index in [9.17, 15) is 8.78 Å². The molecule has 122 valence electrons. The Bertz CT molecular complexity index is 478. The summed E-state index contributed by atoms with van der Waals surface area (Å²) in [5.74, 6) is -0.918. The lowest BCUT2D eigenvalue weighted by Gasteiger charge is -2.35. The van der Waals surface area contributed by atoms with E-state index in [1.54, 1.807) is 0 Å². The minimum absolute atomic E-state index is 0.194. The van der Waals surface area contributed by atoms with Gasteiger partial charge in [0, 0.05) is 42.3 Å². The molecule has 0 amide bonds. The molecule has 0 bridgehead atoms. The Morgan fingerprint density at radius 3 is 2.45 bits per heavy atom. The Balaban J connectivity index is 2.20. The maximum Gasteiger partial charge on any atom is 0.132 e. The number of nitrogens with one attached hydrogen (secondary N) is 1. The molecular weight excluding hydrogens is 350 g/mol. The molecule has 0 unspecified atom stereocenters. The first kappa shape index (κ1) is 17.6. The second-order valence-electron chi connectivity index (χ2n) is 5.66. The fraction of sp³-hybridized carbons (Fsp3) is 0.529. The number of halogens is 3. The third-order valence-corrected chi connectivity index (χ3v) is 4.56. The molecular formula is C17H23BrF2N2. The van der Waals surface area contributed by atoms with Crippen molar-refractivity contribution in [3.05, 3.63) is 46.5 Å². The Morgan fingerprint density at radius 2 is 1.86 bits per heavy atom. The first-order chi connectivity index (χ1) is 10.6. The summed E-state index contributed by atoms with van der Waals surface area (Å²) in [4.78, 5) is 2.19. The number of rotatable bonds is 7. The number of allylic oxidation sites excluding steroid dienone is 1. The summed E-state index contributed by atoms with van der Waals surface area (Å²) >= 11 is 3.15. The largest absolute Gasteiger partial charge is 0.314 e. The molecule has 0 aliphatic carbocycles. The number of unbranched alkanes of at least 4 members (excludes halogenated alkanes) is 2. The Morgan fingerprint density at radius 1 is 1.23 bits per heavy atom. The maximum atomic E-state index is 14.4. The predicted molar refractivity (Wildman–Crippen MR) is 89.9 cm³/mol. The maximum absolute atomic E-state index is 14.4. The van der Waals surface area contributed by atoms with Gasteiger partial charge in [0.1, 0.15) is 11.6 Å². The van der Waals surface area contributed by atoms with Gasteiger partial charge in [0.15, 0.2) is 0 Å². The summed E-state index contributed by atoms with van der Waals surface area (Å²) in [6, 6.07) is 2.52. The van der Waals surface area contributed by atoms with E-state index in [0.717, 1.165) is 51.9 Å². The van der Waals surface area contributed by atoms with Crippen LogP contribution in [0.1, 0.15) is 37.3 Å². The lowest BCUT2D eigenvalue weighted by molar-refractivity contribution is 0.156. The first-order valence-corrected chi connectivity index (χ1v) is 8.63. The molecule has 1 heterocycles. The summed E-state index contributed by atoms with van der Waals surface area (Å²) < 4.78 is 29.2. The molecule has 1 aliphatic heterocycles. The van der Waals surface area contributed by atoms with Crippen molar-refractivity contribution in [2.45, 2.75) is 31.7 Å². The van der Waals surface area contributed by atoms with Gasteiger partial charge >= 0.3 is 0 Å². The SMILES string of the molecule is C=CCCCC[C@H](c1c(F)cc(Br)cc1F)N1CCNCC1. The van der Waals surface area contributed by atoms with Crippen LogP contribution in [0.15, 0.2) is 29.3 Å². The zero-order valence-electron chi connectivity index (χ0n) is 12.8. The van der Waals surface area contributed by atoms with Crippen LogP contribution in [0, 0.1) is 11.6 Å². The monoisotopic (exact) mass is 372 g/mol. The smallest absolute Gasteiger partial charge is 0.132 e. The average molecular weight is 373 g/mol. The fourth-order valence-electron chi connectivity index (χ4n) is 3.00. The van der Waals surface area contributed by atoms with Crippen molar-refractivity contribution in [3.63, 3.8) is 0 Å². The predicted octanol–water partition coefficient (Wildman–Crippen LogP) is 4.42. The molecule has 0 radical (unpaired) electrons. The van der Waals surface area contributed by atoms with Crippen molar-refractivity contribution in [1.29, 1.82) is 0 Å². The van der Waals surface area contributed by atoms with Gasteiger partial charge in [0.05, 0.1) is 0 Å². The van der Waals surface area contributed by atoms with Crippen LogP contribution in [0.2, 0.25) is 0 Å². The average Bonchev–Trinajstić information content (AvgIpc) is 2.49. The molecule has 5 heteroatoms. The van der Waals surface area contributed by atoms with Gasteiger partial charge in [-0.05, 0) is 31.4 Å². The van der Waals surface area contributed by atoms with Gasteiger partial charge in [-0.3, -0.25) is 4.90 Å². The lowest BCUT2D eigenvalue weighted by atomic mass is 9.97. The molecule has 1 aromatic carbocycles. The van der Waals surface area contributed by atoms with Gasteiger partial charge in [-0.2, -0.15) is 0 Å². The third-order valence-electron chi connectivity index (χ3n) is 4.11. The zero-order chi connectivity index (χ0) is 15.9. The van der Waals surface area contributed by atoms with Crippen LogP contribution in [0.5, 0.6) is 0 Å². The van der Waals surface area contributed by atoms with Crippen molar-refractivity contribution in [2.75, 3.05) is 26.2 Å². The summed E-state index contributed by atoms with van der Waals surface area (Å²) in [6.45, 7) is 7.09. The van der Waals surface area contributed by atoms with Crippen molar-refractivity contribution in [2.24, 2.45) is 0 Å². The van der Waals surface area contributed by atoms with E-state index in [4.69, 9.17) is 0 Å². The van der Waals surface area contributed by atoms with E-state index in [0.29, 0.717) is 4.47 Å². The van der Waals surface area contributed by atoms with Crippen LogP contribution < -0.4 is 5.32 Å². The minimum Gasteiger partial charge on any atom is -0.314 e. The number of piperazine rings is 1. The van der Waals surface area contributed by atoms with Crippen molar-refractivity contribution >= 4 is 15.9 Å². The molecule has 0 aromatic heterocycles. The van der Waals surface area contributed by atoms with E-state index in [1.807, 2.05) is 6.08 Å². The highest BCUT2D eigenvalue weighted by Gasteiger charge is 2.27. The van der Waals surface area contributed by atoms with Crippen LogP contribution in [0.3, 0.4) is 0 Å². The van der Waals surface area contributed by atoms with Crippen LogP contribution >= 0.6 is 15.9 Å². The van der Waals surface area contributed by atoms with Gasteiger partial charge < -0.3 is 5.32 Å². The number of hydrogen-bond donors (Lipinski definition) is 1. The second kappa shape index (κ2) is 8.75. The molecule has 0 spiro atoms. The fourth-order valence-corrected chi connectivity index (χ4v) is 3.40. The molecule has 1 saturated heterocycles. The normalized spacial score (nSPS) is 17.4. The van der Waals surface area contributed by atoms with Crippen molar-refractivity contribution in [1.82, 2.24) is 10.2 Å². The zero-order valence-corrected chi connectivity index (χ0v) is 14.3. The van der Waals surface area contributed by atoms with Gasteiger partial charge in [-0.1, -0.05) is 28.4 Å². The van der Waals surface area contributed by atoms with Gasteiger partial charge in [0.25, 0.3) is 0 Å². The Kier molecular flexibility index (Phi) is 6.99. The number of nitrogens with zero attached hydrogens (tertiary/aromatic N) is 1. The van der Waals surface area contributed by atoms with Crippen LogP contribution in [0.4, 0.5) is 8.78 Å². The molecule has 1 fully saturated rings. The van der Waals surface area contributed by atoms with Crippen LogP contribution in [-0.4, -0.2) is 31.1 Å². The van der Waals surface area contributed by atoms with E-state index in [1.165, 1.54) is 12.1 Å². The molecule has 2 rings (SSSR count). The van der Waals surface area contributed by atoms with Gasteiger partial charge in [0.2, 0.25) is 0 Å². The summed E-state index contributed by atoms with van der Waals surface area (Å²) in [5.41, 5.74) is 0.212. The summed E-state index contributed by atoms with van der Waals surface area (Å²) in [7, 11) is 0. The van der Waals surface area contributed by atoms with Crippen LogP contribution in [0.25, 0.3) is 0 Å². The standard InChI is InChI=1S/C17H23BrF2N2/c1-2-3-4-5-6-16(22-9-7-21-8-10-22)17-14(19)11-13(18)12-15(17)20/h2,11-12,16,21H,1,3-10H2/t16-/m1/s1. The van der Waals surface area contributed by atoms with Crippen molar-refractivity contribution < 1.29 is 8.78 Å². The van der Waals surface area contributed by atoms with E-state index >= 15 is 0 Å². The second-order valence-corrected chi connectivity index (χ2v) is 6.57. The Labute approximate surface area is 139 Å². The molecule has 0 saturated carbocycles. The molecule has 1 atom stereocenters. The molecule has 22 heavy (non-hydrogen) atoms. The lowest BCUT2D eigenvalue weighted by Crippen LogP contribution is -2.45. The summed E-state index contributed by atoms with van der Waals surface area (Å²) in [6.07, 6.45) is 5.55. The Hall–Kier alpha value is -0.780. The summed E-state index contributed by atoms with van der Waals surface area (Å²) in [5, 5.41) is 3.29. The topological polar surface area (TPSA) is 15.3 Å². The molecule has 1 N–H and O–H groups in total. The minimum atomic E-state index is -0.459. The molecule has 1 aliphatic rings. The number of benzene rings is 1. The first-order valence-electron chi connectivity index (χ1n) is 7.83.